The van der Waals surface area contributed by atoms with Crippen molar-refractivity contribution in [3.63, 3.8) is 0 Å². The van der Waals surface area contributed by atoms with Gasteiger partial charge in [0.2, 0.25) is 0 Å². The SMILES string of the molecule is O=C(COc1cccc(Cl)c1)N[C@@H]1C[C@H]2CO[C@@H](CCO)CN2C1. The normalized spacial score (nSPS) is 26.8. The van der Waals surface area contributed by atoms with Gasteiger partial charge in [0.05, 0.1) is 12.7 Å². The fraction of sp³-hybridized carbons (Fsp3) is 0.588. The van der Waals surface area contributed by atoms with Crippen LogP contribution in [0.2, 0.25) is 5.02 Å². The van der Waals surface area contributed by atoms with Crippen molar-refractivity contribution >= 4 is 17.5 Å². The number of aliphatic hydroxyl groups is 1. The number of nitrogens with one attached hydrogen (secondary N) is 1. The van der Waals surface area contributed by atoms with Crippen molar-refractivity contribution in [1.29, 1.82) is 0 Å². The second-order valence-electron chi connectivity index (χ2n) is 6.32. The molecule has 1 amide bonds. The summed E-state index contributed by atoms with van der Waals surface area (Å²) in [6.45, 7) is 2.42. The Balaban J connectivity index is 1.43. The summed E-state index contributed by atoms with van der Waals surface area (Å²) in [7, 11) is 0. The van der Waals surface area contributed by atoms with E-state index in [2.05, 4.69) is 10.2 Å². The summed E-state index contributed by atoms with van der Waals surface area (Å²) in [4.78, 5) is 14.4. The average molecular weight is 355 g/mol. The molecule has 0 spiro atoms. The Labute approximate surface area is 146 Å². The number of amides is 1. The molecule has 132 valence electrons. The predicted molar refractivity (Wildman–Crippen MR) is 90.3 cm³/mol. The largest absolute Gasteiger partial charge is 0.484 e. The van der Waals surface area contributed by atoms with Gasteiger partial charge in [-0.15, -0.1) is 0 Å². The number of morpholine rings is 1. The van der Waals surface area contributed by atoms with Crippen molar-refractivity contribution in [3.05, 3.63) is 29.3 Å². The highest BCUT2D eigenvalue weighted by Crippen LogP contribution is 2.24. The van der Waals surface area contributed by atoms with Crippen LogP contribution in [-0.4, -0.2) is 67.0 Å². The molecule has 2 aliphatic heterocycles. The van der Waals surface area contributed by atoms with Gasteiger partial charge in [0.15, 0.2) is 6.61 Å². The quantitative estimate of drug-likeness (QED) is 0.799. The molecule has 0 aliphatic carbocycles. The molecule has 0 unspecified atom stereocenters. The van der Waals surface area contributed by atoms with Gasteiger partial charge in [-0.3, -0.25) is 9.69 Å². The minimum absolute atomic E-state index is 0.0227. The Kier molecular flexibility index (Phi) is 5.94. The lowest BCUT2D eigenvalue weighted by Gasteiger charge is -2.34. The Hall–Kier alpha value is -1.34. The van der Waals surface area contributed by atoms with Crippen LogP contribution in [0.4, 0.5) is 0 Å². The number of hydrogen-bond acceptors (Lipinski definition) is 5. The van der Waals surface area contributed by atoms with Crippen molar-refractivity contribution < 1.29 is 19.4 Å². The van der Waals surface area contributed by atoms with Gasteiger partial charge in [-0.25, -0.2) is 0 Å². The number of carbonyl (C=O) groups is 1. The maximum atomic E-state index is 12.1. The number of fused-ring (bicyclic) bond motifs is 1. The summed E-state index contributed by atoms with van der Waals surface area (Å²) in [5.41, 5.74) is 0. The van der Waals surface area contributed by atoms with Gasteiger partial charge in [-0.2, -0.15) is 0 Å². The molecule has 1 aromatic rings. The van der Waals surface area contributed by atoms with E-state index >= 15 is 0 Å². The molecule has 7 heteroatoms. The zero-order valence-electron chi connectivity index (χ0n) is 13.5. The number of halogens is 1. The first-order valence-corrected chi connectivity index (χ1v) is 8.66. The highest BCUT2D eigenvalue weighted by Gasteiger charge is 2.37. The lowest BCUT2D eigenvalue weighted by molar-refractivity contribution is -0.123. The molecule has 1 aromatic carbocycles. The zero-order chi connectivity index (χ0) is 16.9. The van der Waals surface area contributed by atoms with Crippen LogP contribution in [0.3, 0.4) is 0 Å². The van der Waals surface area contributed by atoms with E-state index in [1.165, 1.54) is 0 Å². The number of hydrogen-bond donors (Lipinski definition) is 2. The number of aliphatic hydroxyl groups excluding tert-OH is 1. The first kappa shape index (κ1) is 17.5. The third kappa shape index (κ3) is 4.60. The Morgan fingerprint density at radius 1 is 1.46 bits per heavy atom. The molecule has 2 aliphatic rings. The van der Waals surface area contributed by atoms with Crippen molar-refractivity contribution in [3.8, 4) is 5.75 Å². The molecule has 2 N–H and O–H groups in total. The van der Waals surface area contributed by atoms with E-state index in [0.717, 1.165) is 19.5 Å². The standard InChI is InChI=1S/C17H23ClN2O4/c18-12-2-1-3-15(6-12)24-11-17(22)19-13-7-14-10-23-16(4-5-21)9-20(14)8-13/h1-3,6,13-14,16,21H,4-5,7-11H2,(H,19,22)/t13-,14+,16+/m1/s1. The summed E-state index contributed by atoms with van der Waals surface area (Å²) in [6, 6.07) is 7.46. The highest BCUT2D eigenvalue weighted by atomic mass is 35.5. The monoisotopic (exact) mass is 354 g/mol. The van der Waals surface area contributed by atoms with Gasteiger partial charge in [-0.05, 0) is 31.0 Å². The second-order valence-corrected chi connectivity index (χ2v) is 6.76. The van der Waals surface area contributed by atoms with Crippen LogP contribution in [0, 0.1) is 0 Å². The van der Waals surface area contributed by atoms with E-state index in [-0.39, 0.29) is 31.3 Å². The van der Waals surface area contributed by atoms with Crippen molar-refractivity contribution in [2.75, 3.05) is 32.9 Å². The molecule has 2 fully saturated rings. The van der Waals surface area contributed by atoms with E-state index in [0.29, 0.717) is 29.8 Å². The zero-order valence-corrected chi connectivity index (χ0v) is 14.2. The van der Waals surface area contributed by atoms with E-state index in [9.17, 15) is 4.79 Å². The Bertz CT molecular complexity index is 571. The smallest absolute Gasteiger partial charge is 0.258 e. The molecule has 24 heavy (non-hydrogen) atoms. The maximum Gasteiger partial charge on any atom is 0.258 e. The van der Waals surface area contributed by atoms with Crippen LogP contribution >= 0.6 is 11.6 Å². The predicted octanol–water partition coefficient (Wildman–Crippen LogP) is 1.06. The summed E-state index contributed by atoms with van der Waals surface area (Å²) in [5, 5.41) is 12.6. The van der Waals surface area contributed by atoms with Crippen LogP contribution in [-0.2, 0) is 9.53 Å². The Morgan fingerprint density at radius 2 is 2.33 bits per heavy atom. The van der Waals surface area contributed by atoms with Gasteiger partial charge in [0.25, 0.3) is 5.91 Å². The summed E-state index contributed by atoms with van der Waals surface area (Å²) in [5.74, 6) is 0.453. The van der Waals surface area contributed by atoms with Gasteiger partial charge in [0, 0.05) is 36.8 Å². The van der Waals surface area contributed by atoms with Crippen LogP contribution in [0.15, 0.2) is 24.3 Å². The minimum atomic E-state index is -0.132. The number of ether oxygens (including phenoxy) is 2. The fourth-order valence-corrected chi connectivity index (χ4v) is 3.52. The topological polar surface area (TPSA) is 71.0 Å². The molecule has 2 saturated heterocycles. The van der Waals surface area contributed by atoms with E-state index in [1.807, 2.05) is 0 Å². The molecule has 3 rings (SSSR count). The molecular formula is C17H23ClN2O4. The van der Waals surface area contributed by atoms with Crippen LogP contribution < -0.4 is 10.1 Å². The van der Waals surface area contributed by atoms with Crippen LogP contribution in [0.5, 0.6) is 5.75 Å². The Morgan fingerprint density at radius 3 is 3.12 bits per heavy atom. The third-order valence-corrected chi connectivity index (χ3v) is 4.71. The van der Waals surface area contributed by atoms with Crippen LogP contribution in [0.25, 0.3) is 0 Å². The van der Waals surface area contributed by atoms with Gasteiger partial charge in [0.1, 0.15) is 5.75 Å². The highest BCUT2D eigenvalue weighted by molar-refractivity contribution is 6.30. The number of benzene rings is 1. The minimum Gasteiger partial charge on any atom is -0.484 e. The summed E-state index contributed by atoms with van der Waals surface area (Å²) >= 11 is 5.89. The third-order valence-electron chi connectivity index (χ3n) is 4.47. The molecule has 6 nitrogen and oxygen atoms in total. The molecule has 0 aromatic heterocycles. The van der Waals surface area contributed by atoms with Gasteiger partial charge >= 0.3 is 0 Å². The number of carbonyl (C=O) groups excluding carboxylic acids is 1. The first-order chi connectivity index (χ1) is 11.6. The van der Waals surface area contributed by atoms with E-state index in [4.69, 9.17) is 26.2 Å². The lowest BCUT2D eigenvalue weighted by atomic mass is 10.1. The lowest BCUT2D eigenvalue weighted by Crippen LogP contribution is -2.46. The average Bonchev–Trinajstić information content (AvgIpc) is 2.95. The number of nitrogens with zero attached hydrogens (tertiary/aromatic N) is 1. The molecule has 2 heterocycles. The molecule has 0 radical (unpaired) electrons. The molecule has 0 bridgehead atoms. The van der Waals surface area contributed by atoms with Crippen molar-refractivity contribution in [2.45, 2.75) is 31.0 Å². The van der Waals surface area contributed by atoms with E-state index in [1.54, 1.807) is 24.3 Å². The molecular weight excluding hydrogens is 332 g/mol. The summed E-state index contributed by atoms with van der Waals surface area (Å²) < 4.78 is 11.2. The second kappa shape index (κ2) is 8.16. The van der Waals surface area contributed by atoms with Gasteiger partial charge in [-0.1, -0.05) is 17.7 Å². The molecule has 3 atom stereocenters. The first-order valence-electron chi connectivity index (χ1n) is 8.28. The fourth-order valence-electron chi connectivity index (χ4n) is 3.34. The van der Waals surface area contributed by atoms with Gasteiger partial charge < -0.3 is 19.9 Å². The van der Waals surface area contributed by atoms with Crippen molar-refractivity contribution in [2.24, 2.45) is 0 Å². The molecule has 0 saturated carbocycles. The maximum absolute atomic E-state index is 12.1. The number of rotatable bonds is 6. The summed E-state index contributed by atoms with van der Waals surface area (Å²) in [6.07, 6.45) is 1.63. The van der Waals surface area contributed by atoms with Crippen molar-refractivity contribution in [1.82, 2.24) is 10.2 Å². The van der Waals surface area contributed by atoms with Crippen LogP contribution in [0.1, 0.15) is 12.8 Å². The van der Waals surface area contributed by atoms with E-state index < -0.39 is 0 Å².